The summed E-state index contributed by atoms with van der Waals surface area (Å²) >= 11 is 0. The van der Waals surface area contributed by atoms with Crippen molar-refractivity contribution >= 4 is 5.97 Å². The van der Waals surface area contributed by atoms with Gasteiger partial charge in [-0.2, -0.15) is 0 Å². The maximum absolute atomic E-state index is 11.1. The van der Waals surface area contributed by atoms with E-state index in [-0.39, 0.29) is 0 Å². The number of aromatic carboxylic acids is 1. The molecule has 0 atom stereocenters. The third kappa shape index (κ3) is 6.61. The van der Waals surface area contributed by atoms with Gasteiger partial charge >= 0.3 is 5.97 Å². The van der Waals surface area contributed by atoms with E-state index in [4.69, 9.17) is 5.11 Å². The van der Waals surface area contributed by atoms with Gasteiger partial charge in [0.2, 0.25) is 0 Å². The monoisotopic (exact) mass is 436 g/mol. The Morgan fingerprint density at radius 1 is 0.727 bits per heavy atom. The van der Waals surface area contributed by atoms with E-state index in [0.29, 0.717) is 5.56 Å². The molecule has 0 aliphatic rings. The second-order valence-electron chi connectivity index (χ2n) is 8.20. The lowest BCUT2D eigenvalue weighted by atomic mass is 10.0. The summed E-state index contributed by atoms with van der Waals surface area (Å²) in [5, 5.41) is 9.09. The van der Waals surface area contributed by atoms with E-state index in [1.807, 2.05) is 30.5 Å². The molecular weight excluding hydrogens is 408 g/mol. The van der Waals surface area contributed by atoms with Crippen LogP contribution in [0.5, 0.6) is 0 Å². The van der Waals surface area contributed by atoms with Gasteiger partial charge < -0.3 is 5.11 Å². The molecule has 0 bridgehead atoms. The average molecular weight is 437 g/mol. The molecule has 0 amide bonds. The minimum absolute atomic E-state index is 0.302. The number of hydrogen-bond acceptors (Lipinski definition) is 3. The SMILES string of the molecule is O=C(O)c1ccc(-c2ccc(CN(CCCc3ccccc3)Cc3ccccn3)cc2)cc1. The largest absolute Gasteiger partial charge is 0.478 e. The number of pyridine rings is 1. The van der Waals surface area contributed by atoms with Crippen LogP contribution in [-0.2, 0) is 19.5 Å². The summed E-state index contributed by atoms with van der Waals surface area (Å²) in [5.41, 5.74) is 6.09. The predicted octanol–water partition coefficient (Wildman–Crippen LogP) is 6.08. The first kappa shape index (κ1) is 22.4. The highest BCUT2D eigenvalue weighted by Crippen LogP contribution is 2.21. The first-order valence-electron chi connectivity index (χ1n) is 11.3. The zero-order valence-electron chi connectivity index (χ0n) is 18.6. The molecule has 166 valence electrons. The Labute approximate surface area is 195 Å². The second kappa shape index (κ2) is 11.2. The molecule has 0 saturated carbocycles. The highest BCUT2D eigenvalue weighted by Gasteiger charge is 2.09. The van der Waals surface area contributed by atoms with E-state index in [1.165, 1.54) is 11.1 Å². The van der Waals surface area contributed by atoms with Crippen LogP contribution in [0.15, 0.2) is 103 Å². The Morgan fingerprint density at radius 2 is 1.39 bits per heavy atom. The minimum atomic E-state index is -0.905. The maximum Gasteiger partial charge on any atom is 0.335 e. The summed E-state index contributed by atoms with van der Waals surface area (Å²) in [4.78, 5) is 18.0. The molecule has 4 nitrogen and oxygen atoms in total. The smallest absolute Gasteiger partial charge is 0.335 e. The van der Waals surface area contributed by atoms with Crippen LogP contribution in [0.2, 0.25) is 0 Å². The van der Waals surface area contributed by atoms with E-state index in [1.54, 1.807) is 12.1 Å². The summed E-state index contributed by atoms with van der Waals surface area (Å²) in [7, 11) is 0. The fourth-order valence-corrected chi connectivity index (χ4v) is 3.95. The van der Waals surface area contributed by atoms with E-state index in [0.717, 1.165) is 49.3 Å². The minimum Gasteiger partial charge on any atom is -0.478 e. The number of aromatic nitrogens is 1. The highest BCUT2D eigenvalue weighted by atomic mass is 16.4. The third-order valence-electron chi connectivity index (χ3n) is 5.72. The van der Waals surface area contributed by atoms with Gasteiger partial charge in [0.15, 0.2) is 0 Å². The number of hydrogen-bond donors (Lipinski definition) is 1. The predicted molar refractivity (Wildman–Crippen MR) is 132 cm³/mol. The van der Waals surface area contributed by atoms with E-state index < -0.39 is 5.97 Å². The normalized spacial score (nSPS) is 10.9. The van der Waals surface area contributed by atoms with Crippen molar-refractivity contribution in [1.82, 2.24) is 9.88 Å². The molecule has 0 unspecified atom stereocenters. The Kier molecular flexibility index (Phi) is 7.62. The summed E-state index contributed by atoms with van der Waals surface area (Å²) in [6, 6.07) is 32.2. The van der Waals surface area contributed by atoms with Crippen LogP contribution in [0.4, 0.5) is 0 Å². The van der Waals surface area contributed by atoms with Crippen molar-refractivity contribution in [3.05, 3.63) is 126 Å². The number of carbonyl (C=O) groups is 1. The van der Waals surface area contributed by atoms with Gasteiger partial charge in [0.05, 0.1) is 11.3 Å². The number of nitrogens with zero attached hydrogens (tertiary/aromatic N) is 2. The van der Waals surface area contributed by atoms with Crippen LogP contribution in [0.3, 0.4) is 0 Å². The first-order chi connectivity index (χ1) is 16.2. The molecule has 4 heteroatoms. The summed E-state index contributed by atoms with van der Waals surface area (Å²) in [6.07, 6.45) is 4.00. The number of aryl methyl sites for hydroxylation is 1. The molecule has 4 rings (SSSR count). The first-order valence-corrected chi connectivity index (χ1v) is 11.3. The molecule has 0 saturated heterocycles. The van der Waals surface area contributed by atoms with Gasteiger partial charge in [-0.1, -0.05) is 72.8 Å². The Balaban J connectivity index is 1.42. The molecule has 0 radical (unpaired) electrons. The van der Waals surface area contributed by atoms with Crippen LogP contribution in [0, 0.1) is 0 Å². The Morgan fingerprint density at radius 3 is 2.03 bits per heavy atom. The molecule has 0 spiro atoms. The van der Waals surface area contributed by atoms with Crippen LogP contribution in [0.1, 0.15) is 33.6 Å². The molecule has 1 heterocycles. The van der Waals surface area contributed by atoms with E-state index >= 15 is 0 Å². The van der Waals surface area contributed by atoms with Gasteiger partial charge in [-0.05, 0) is 65.9 Å². The number of carboxylic acids is 1. The van der Waals surface area contributed by atoms with Gasteiger partial charge in [-0.3, -0.25) is 9.88 Å². The molecule has 0 aliphatic heterocycles. The lowest BCUT2D eigenvalue weighted by molar-refractivity contribution is 0.0697. The fourth-order valence-electron chi connectivity index (χ4n) is 3.95. The molecule has 3 aromatic carbocycles. The van der Waals surface area contributed by atoms with Gasteiger partial charge in [-0.15, -0.1) is 0 Å². The van der Waals surface area contributed by atoms with Crippen molar-refractivity contribution in [3.63, 3.8) is 0 Å². The topological polar surface area (TPSA) is 53.4 Å². The average Bonchev–Trinajstić information content (AvgIpc) is 2.86. The molecule has 1 aromatic heterocycles. The fraction of sp³-hybridized carbons (Fsp3) is 0.172. The van der Waals surface area contributed by atoms with Gasteiger partial charge in [0, 0.05) is 19.3 Å². The third-order valence-corrected chi connectivity index (χ3v) is 5.72. The van der Waals surface area contributed by atoms with Gasteiger partial charge in [0.1, 0.15) is 0 Å². The highest BCUT2D eigenvalue weighted by molar-refractivity contribution is 5.88. The van der Waals surface area contributed by atoms with Crippen LogP contribution in [-0.4, -0.2) is 27.5 Å². The Hall–Kier alpha value is -3.76. The zero-order chi connectivity index (χ0) is 22.9. The van der Waals surface area contributed by atoms with Crippen molar-refractivity contribution < 1.29 is 9.90 Å². The molecule has 4 aromatic rings. The van der Waals surface area contributed by atoms with Crippen molar-refractivity contribution in [2.75, 3.05) is 6.54 Å². The van der Waals surface area contributed by atoms with E-state index in [2.05, 4.69) is 70.5 Å². The van der Waals surface area contributed by atoms with Crippen LogP contribution >= 0.6 is 0 Å². The standard InChI is InChI=1S/C29H28N2O2/c32-29(33)27-17-15-26(16-18-27)25-13-11-24(12-14-25)21-31(22-28-10-4-5-19-30-28)20-6-9-23-7-2-1-3-8-23/h1-5,7-8,10-19H,6,9,20-22H2,(H,32,33). The summed E-state index contributed by atoms with van der Waals surface area (Å²) in [5.74, 6) is -0.905. The lowest BCUT2D eigenvalue weighted by Crippen LogP contribution is -2.25. The van der Waals surface area contributed by atoms with Crippen molar-refractivity contribution in [3.8, 4) is 11.1 Å². The van der Waals surface area contributed by atoms with Crippen LogP contribution in [0.25, 0.3) is 11.1 Å². The number of carboxylic acid groups (broad SMARTS) is 1. The molecule has 0 fully saturated rings. The Bertz CT molecular complexity index is 1140. The lowest BCUT2D eigenvalue weighted by Gasteiger charge is -2.22. The zero-order valence-corrected chi connectivity index (χ0v) is 18.6. The van der Waals surface area contributed by atoms with Crippen LogP contribution < -0.4 is 0 Å². The molecule has 1 N–H and O–H groups in total. The summed E-state index contributed by atoms with van der Waals surface area (Å²) in [6.45, 7) is 2.65. The molecule has 0 aliphatic carbocycles. The van der Waals surface area contributed by atoms with Gasteiger partial charge in [-0.25, -0.2) is 4.79 Å². The van der Waals surface area contributed by atoms with E-state index in [9.17, 15) is 4.79 Å². The molecule has 33 heavy (non-hydrogen) atoms. The van der Waals surface area contributed by atoms with Crippen molar-refractivity contribution in [1.29, 1.82) is 0 Å². The second-order valence-corrected chi connectivity index (χ2v) is 8.20. The van der Waals surface area contributed by atoms with Crippen molar-refractivity contribution in [2.24, 2.45) is 0 Å². The number of rotatable bonds is 10. The van der Waals surface area contributed by atoms with Crippen molar-refractivity contribution in [2.45, 2.75) is 25.9 Å². The quantitative estimate of drug-likeness (QED) is 0.327. The number of benzene rings is 3. The summed E-state index contributed by atoms with van der Waals surface area (Å²) < 4.78 is 0. The molecular formula is C29H28N2O2. The maximum atomic E-state index is 11.1. The van der Waals surface area contributed by atoms with Gasteiger partial charge in [0.25, 0.3) is 0 Å².